The Labute approximate surface area is 91.4 Å². The van der Waals surface area contributed by atoms with Crippen molar-refractivity contribution >= 4 is 34.8 Å². The van der Waals surface area contributed by atoms with Crippen molar-refractivity contribution in [3.63, 3.8) is 0 Å². The van der Waals surface area contributed by atoms with E-state index in [-0.39, 0.29) is 0 Å². The molecule has 0 aromatic heterocycles. The van der Waals surface area contributed by atoms with E-state index in [9.17, 15) is 4.79 Å². The van der Waals surface area contributed by atoms with Crippen molar-refractivity contribution in [2.24, 2.45) is 0 Å². The van der Waals surface area contributed by atoms with Crippen molar-refractivity contribution in [3.05, 3.63) is 35.4 Å². The zero-order valence-electron chi connectivity index (χ0n) is 6.93. The Kier molecular flexibility index (Phi) is 4.23. The van der Waals surface area contributed by atoms with Gasteiger partial charge in [0.2, 0.25) is 0 Å². The first-order valence-corrected chi connectivity index (χ1v) is 6.35. The second-order valence-electron chi connectivity index (χ2n) is 2.52. The Morgan fingerprint density at radius 2 is 2.38 bits per heavy atom. The van der Waals surface area contributed by atoms with Crippen LogP contribution in [0.5, 0.6) is 0 Å². The number of rotatable bonds is 3. The van der Waals surface area contributed by atoms with Gasteiger partial charge in [0.15, 0.2) is 0 Å². The van der Waals surface area contributed by atoms with Crippen LogP contribution in [0, 0.1) is 0 Å². The van der Waals surface area contributed by atoms with Crippen molar-refractivity contribution in [1.29, 1.82) is 0 Å². The topological polar surface area (TPSA) is 46.5 Å². The first-order valence-electron chi connectivity index (χ1n) is 3.76. The zero-order valence-corrected chi connectivity index (χ0v) is 11.4. The van der Waals surface area contributed by atoms with Crippen LogP contribution in [0.4, 0.5) is 0 Å². The summed E-state index contributed by atoms with van der Waals surface area (Å²) in [5.41, 5.74) is 1.44. The van der Waals surface area contributed by atoms with Gasteiger partial charge in [-0.3, -0.25) is 0 Å². The predicted octanol–water partition coefficient (Wildman–Crippen LogP) is 0.830. The summed E-state index contributed by atoms with van der Waals surface area (Å²) >= 11 is 0.846. The van der Waals surface area contributed by atoms with Gasteiger partial charge in [-0.05, 0) is 0 Å². The average Bonchev–Trinajstić information content (AvgIpc) is 2.18. The molecule has 3 nitrogen and oxygen atoms in total. The van der Waals surface area contributed by atoms with Crippen molar-refractivity contribution in [2.75, 3.05) is 0 Å². The molecule has 1 N–H and O–H groups in total. The van der Waals surface area contributed by atoms with E-state index in [1.54, 1.807) is 18.2 Å². The molecule has 4 heteroatoms. The average molecular weight is 369 g/mol. The van der Waals surface area contributed by atoms with Gasteiger partial charge in [-0.15, -0.1) is 0 Å². The molecule has 0 bridgehead atoms. The molecular formula is C9H8O3Tl. The zero-order chi connectivity index (χ0) is 9.68. The summed E-state index contributed by atoms with van der Waals surface area (Å²) in [5.74, 6) is -0.711. The summed E-state index contributed by atoms with van der Waals surface area (Å²) in [5, 5.41) is 8.16. The molecule has 0 aliphatic carbocycles. The molecule has 0 aliphatic rings. The number of hydrogen-bond acceptors (Lipinski definition) is 3. The van der Waals surface area contributed by atoms with Gasteiger partial charge in [-0.25, -0.2) is 0 Å². The molecule has 0 atom stereocenters. The molecule has 0 aliphatic heterocycles. The molecule has 0 saturated heterocycles. The van der Waals surface area contributed by atoms with Gasteiger partial charge in [0.25, 0.3) is 0 Å². The Balaban J connectivity index is 2.90. The summed E-state index contributed by atoms with van der Waals surface area (Å²) in [7, 11) is 0. The van der Waals surface area contributed by atoms with Gasteiger partial charge >= 0.3 is 91.6 Å². The van der Waals surface area contributed by atoms with Gasteiger partial charge in [0, 0.05) is 0 Å². The van der Waals surface area contributed by atoms with Crippen LogP contribution in [0.25, 0.3) is 0 Å². The molecular weight excluding hydrogens is 360 g/mol. The third-order valence-corrected chi connectivity index (χ3v) is 2.52. The van der Waals surface area contributed by atoms with Gasteiger partial charge in [0.05, 0.1) is 0 Å². The summed E-state index contributed by atoms with van der Waals surface area (Å²) in [6.07, 6.45) is 0.872. The number of benzene rings is 1. The predicted molar refractivity (Wildman–Crippen MR) is 50.0 cm³/mol. The Hall–Kier alpha value is -0.558. The van der Waals surface area contributed by atoms with E-state index in [0.29, 0.717) is 5.56 Å². The van der Waals surface area contributed by atoms with Crippen LogP contribution in [0.3, 0.4) is 0 Å². The molecule has 0 amide bonds. The normalized spacial score (nSPS) is 9.46. The first-order chi connectivity index (χ1) is 6.27. The molecule has 65 valence electrons. The van der Waals surface area contributed by atoms with Crippen LogP contribution in [0.1, 0.15) is 15.9 Å². The summed E-state index contributed by atoms with van der Waals surface area (Å²) < 4.78 is 2.16. The minimum absolute atomic E-state index is 0.381. The van der Waals surface area contributed by atoms with Gasteiger partial charge in [0.1, 0.15) is 0 Å². The molecule has 0 spiro atoms. The third-order valence-electron chi connectivity index (χ3n) is 1.60. The Morgan fingerprint density at radius 3 is 3.00 bits per heavy atom. The maximum absolute atomic E-state index is 10.9. The van der Waals surface area contributed by atoms with Crippen molar-refractivity contribution in [3.8, 4) is 0 Å². The van der Waals surface area contributed by atoms with Crippen molar-refractivity contribution < 1.29 is 14.9 Å². The fraction of sp³-hybridized carbons (Fsp3) is 0.111. The molecule has 1 aromatic carbocycles. The summed E-state index contributed by atoms with van der Waals surface area (Å²) in [6.45, 7) is 0. The molecule has 13 heavy (non-hydrogen) atoms. The molecule has 0 radical (unpaired) electrons. The van der Waals surface area contributed by atoms with Crippen LogP contribution >= 0.6 is 0 Å². The molecule has 0 saturated carbocycles. The van der Waals surface area contributed by atoms with E-state index in [4.69, 9.17) is 5.26 Å². The Bertz CT molecular complexity index is 322. The van der Waals surface area contributed by atoms with Crippen LogP contribution in [-0.2, 0) is 11.3 Å². The molecule has 0 heterocycles. The fourth-order valence-corrected chi connectivity index (χ4v) is 2.07. The number of hydrogen-bond donors (Lipinski definition) is 1. The van der Waals surface area contributed by atoms with Crippen LogP contribution in [-0.4, -0.2) is 40.1 Å². The number of carbonyl (C=O) groups is 1. The van der Waals surface area contributed by atoms with Crippen LogP contribution in [0.15, 0.2) is 24.3 Å². The van der Waals surface area contributed by atoms with E-state index < -0.39 is 5.97 Å². The first kappa shape index (κ1) is 10.5. The van der Waals surface area contributed by atoms with Crippen LogP contribution < -0.4 is 0 Å². The molecule has 1 rings (SSSR count). The van der Waals surface area contributed by atoms with Crippen molar-refractivity contribution in [2.45, 2.75) is 6.42 Å². The SMILES string of the molecule is O=C(OO)c1cccc(C[CH]=[Tl])c1. The quantitative estimate of drug-likeness (QED) is 0.488. The second kappa shape index (κ2) is 5.23. The minimum atomic E-state index is -0.711. The second-order valence-corrected chi connectivity index (χ2v) is 4.35. The fourth-order valence-electron chi connectivity index (χ4n) is 1.01. The molecule has 0 fully saturated rings. The molecule has 0 unspecified atom stereocenters. The van der Waals surface area contributed by atoms with Gasteiger partial charge < -0.3 is 0 Å². The number of carbonyl (C=O) groups excluding carboxylic acids is 1. The third kappa shape index (κ3) is 3.00. The van der Waals surface area contributed by atoms with E-state index in [1.165, 1.54) is 0 Å². The maximum atomic E-state index is 10.9. The molecule has 1 aromatic rings. The Morgan fingerprint density at radius 1 is 1.62 bits per heavy atom. The summed E-state index contributed by atoms with van der Waals surface area (Å²) in [4.78, 5) is 14.5. The van der Waals surface area contributed by atoms with Gasteiger partial charge in [-0.1, -0.05) is 0 Å². The van der Waals surface area contributed by atoms with Gasteiger partial charge in [-0.2, -0.15) is 0 Å². The van der Waals surface area contributed by atoms with E-state index in [0.717, 1.165) is 37.3 Å². The summed E-state index contributed by atoms with van der Waals surface area (Å²) in [6, 6.07) is 7.04. The van der Waals surface area contributed by atoms with E-state index >= 15 is 0 Å². The van der Waals surface area contributed by atoms with Crippen molar-refractivity contribution in [1.82, 2.24) is 0 Å². The van der Waals surface area contributed by atoms with E-state index in [1.807, 2.05) is 6.07 Å². The standard InChI is InChI=1S/C9H8O3.Tl/c1-2-7-4-3-5-8(6-7)9(10)12-11;/h1,3-6,11H,2H2;. The van der Waals surface area contributed by atoms with Crippen LogP contribution in [0.2, 0.25) is 0 Å². The van der Waals surface area contributed by atoms with E-state index in [2.05, 4.69) is 8.45 Å². The monoisotopic (exact) mass is 369 g/mol.